The lowest BCUT2D eigenvalue weighted by Gasteiger charge is -2.20. The summed E-state index contributed by atoms with van der Waals surface area (Å²) < 4.78 is 77.1. The van der Waals surface area contributed by atoms with Gasteiger partial charge in [-0.05, 0) is 31.9 Å². The number of rotatable bonds is 3. The normalized spacial score (nSPS) is 18.1. The molecule has 1 aliphatic rings. The second-order valence-electron chi connectivity index (χ2n) is 4.80. The average molecular weight is 312 g/mol. The van der Waals surface area contributed by atoms with Crippen LogP contribution in [0.1, 0.15) is 18.4 Å². The van der Waals surface area contributed by atoms with E-state index >= 15 is 0 Å². The summed E-state index contributed by atoms with van der Waals surface area (Å²) in [5.74, 6) is -0.887. The molecule has 0 unspecified atom stereocenters. The van der Waals surface area contributed by atoms with Crippen molar-refractivity contribution in [3.8, 4) is 0 Å². The van der Waals surface area contributed by atoms with E-state index in [4.69, 9.17) is 5.73 Å². The van der Waals surface area contributed by atoms with E-state index in [1.54, 1.807) is 4.72 Å². The molecule has 112 valence electrons. The summed E-state index contributed by atoms with van der Waals surface area (Å²) in [4.78, 5) is -0.617. The first kappa shape index (κ1) is 15.0. The highest BCUT2D eigenvalue weighted by atomic mass is 32.2. The zero-order valence-electron chi connectivity index (χ0n) is 10.4. The molecule has 0 radical (unpaired) electrons. The minimum Gasteiger partial charge on any atom is -0.398 e. The van der Waals surface area contributed by atoms with E-state index in [-0.39, 0.29) is 24.1 Å². The Bertz CT molecular complexity index is 628. The molecule has 1 fully saturated rings. The Morgan fingerprint density at radius 2 is 1.85 bits per heavy atom. The van der Waals surface area contributed by atoms with Crippen LogP contribution < -0.4 is 10.5 Å². The van der Waals surface area contributed by atoms with Gasteiger partial charge in [-0.1, -0.05) is 0 Å². The van der Waals surface area contributed by atoms with Crippen molar-refractivity contribution in [2.75, 3.05) is 5.73 Å². The van der Waals surface area contributed by atoms with Crippen LogP contribution in [0.2, 0.25) is 0 Å². The molecule has 3 N–H and O–H groups in total. The third kappa shape index (κ3) is 2.47. The number of alkyl halides is 3. The number of anilines is 1. The van der Waals surface area contributed by atoms with Gasteiger partial charge >= 0.3 is 6.18 Å². The first-order valence-electron chi connectivity index (χ1n) is 5.65. The number of sulfonamides is 1. The van der Waals surface area contributed by atoms with Crippen LogP contribution in [0.25, 0.3) is 0 Å². The van der Waals surface area contributed by atoms with E-state index in [1.807, 2.05) is 0 Å². The second kappa shape index (κ2) is 4.32. The zero-order chi connectivity index (χ0) is 15.3. The van der Waals surface area contributed by atoms with E-state index in [2.05, 4.69) is 0 Å². The Hall–Kier alpha value is -1.35. The lowest BCUT2D eigenvalue weighted by atomic mass is 10.2. The SMILES string of the molecule is Cc1c(N)cc(S(=O)(=O)NC2(C(F)(F)F)CC2)cc1F. The van der Waals surface area contributed by atoms with Gasteiger partial charge in [0, 0.05) is 11.3 Å². The molecule has 1 aromatic rings. The summed E-state index contributed by atoms with van der Waals surface area (Å²) in [6, 6.07) is 1.59. The molecule has 1 saturated carbocycles. The Kier molecular flexibility index (Phi) is 3.25. The largest absolute Gasteiger partial charge is 0.407 e. The number of halogens is 4. The molecule has 4 nitrogen and oxygen atoms in total. The molecule has 1 aromatic carbocycles. The molecule has 0 aromatic heterocycles. The van der Waals surface area contributed by atoms with Gasteiger partial charge in [0.05, 0.1) is 4.90 Å². The van der Waals surface area contributed by atoms with Crippen molar-refractivity contribution in [2.24, 2.45) is 0 Å². The Morgan fingerprint density at radius 1 is 1.30 bits per heavy atom. The fraction of sp³-hybridized carbons (Fsp3) is 0.455. The predicted molar refractivity (Wildman–Crippen MR) is 63.9 cm³/mol. The van der Waals surface area contributed by atoms with Crippen molar-refractivity contribution in [3.63, 3.8) is 0 Å². The van der Waals surface area contributed by atoms with Gasteiger partial charge in [0.15, 0.2) is 0 Å². The molecule has 0 spiro atoms. The Balaban J connectivity index is 2.38. The molecular formula is C11H12F4N2O2S. The quantitative estimate of drug-likeness (QED) is 0.663. The number of hydrogen-bond acceptors (Lipinski definition) is 3. The van der Waals surface area contributed by atoms with Crippen LogP contribution in [-0.4, -0.2) is 20.1 Å². The number of nitrogens with two attached hydrogens (primary N) is 1. The molecule has 0 atom stereocenters. The van der Waals surface area contributed by atoms with E-state index < -0.39 is 32.5 Å². The summed E-state index contributed by atoms with van der Waals surface area (Å²) in [6.07, 6.45) is -5.35. The summed E-state index contributed by atoms with van der Waals surface area (Å²) in [6.45, 7) is 1.34. The fourth-order valence-corrected chi connectivity index (χ4v) is 3.21. The molecular weight excluding hydrogens is 300 g/mol. The molecule has 20 heavy (non-hydrogen) atoms. The molecule has 0 saturated heterocycles. The second-order valence-corrected chi connectivity index (χ2v) is 6.49. The molecule has 0 heterocycles. The Morgan fingerprint density at radius 3 is 2.25 bits per heavy atom. The van der Waals surface area contributed by atoms with Crippen molar-refractivity contribution in [3.05, 3.63) is 23.5 Å². The average Bonchev–Trinajstić information content (AvgIpc) is 3.04. The van der Waals surface area contributed by atoms with E-state index in [1.165, 1.54) is 6.92 Å². The van der Waals surface area contributed by atoms with Crippen molar-refractivity contribution in [2.45, 2.75) is 36.4 Å². The van der Waals surface area contributed by atoms with Crippen molar-refractivity contribution in [1.29, 1.82) is 0 Å². The molecule has 1 aliphatic carbocycles. The summed E-state index contributed by atoms with van der Waals surface area (Å²) in [5.41, 5.74) is 2.89. The number of nitrogens with one attached hydrogen (secondary N) is 1. The third-order valence-corrected chi connectivity index (χ3v) is 4.81. The standard InChI is InChI=1S/C11H12F4N2O2S/c1-6-8(12)4-7(5-9(6)16)20(18,19)17-10(2-3-10)11(13,14)15/h4-5,17H,2-3,16H2,1H3. The summed E-state index contributed by atoms with van der Waals surface area (Å²) >= 11 is 0. The minimum absolute atomic E-state index is 0.0425. The van der Waals surface area contributed by atoms with Crippen LogP contribution in [0.4, 0.5) is 23.2 Å². The molecule has 9 heteroatoms. The van der Waals surface area contributed by atoms with Crippen LogP contribution in [0.3, 0.4) is 0 Å². The highest BCUT2D eigenvalue weighted by molar-refractivity contribution is 7.89. The minimum atomic E-state index is -4.69. The smallest absolute Gasteiger partial charge is 0.398 e. The summed E-state index contributed by atoms with van der Waals surface area (Å²) in [5, 5.41) is 0. The highest BCUT2D eigenvalue weighted by Gasteiger charge is 2.65. The van der Waals surface area contributed by atoms with Gasteiger partial charge < -0.3 is 5.73 Å². The van der Waals surface area contributed by atoms with Crippen molar-refractivity contribution < 1.29 is 26.0 Å². The molecule has 0 amide bonds. The van der Waals surface area contributed by atoms with E-state index in [9.17, 15) is 26.0 Å². The maximum absolute atomic E-state index is 13.5. The third-order valence-electron chi connectivity index (χ3n) is 3.29. The van der Waals surface area contributed by atoms with Gasteiger partial charge in [-0.2, -0.15) is 17.9 Å². The summed E-state index contributed by atoms with van der Waals surface area (Å²) in [7, 11) is -4.49. The highest BCUT2D eigenvalue weighted by Crippen LogP contribution is 2.49. The topological polar surface area (TPSA) is 72.2 Å². The van der Waals surface area contributed by atoms with Crippen LogP contribution in [-0.2, 0) is 10.0 Å². The van der Waals surface area contributed by atoms with Crippen LogP contribution in [0.5, 0.6) is 0 Å². The lowest BCUT2D eigenvalue weighted by molar-refractivity contribution is -0.160. The van der Waals surface area contributed by atoms with Crippen LogP contribution in [0, 0.1) is 12.7 Å². The van der Waals surface area contributed by atoms with Crippen molar-refractivity contribution >= 4 is 15.7 Å². The van der Waals surface area contributed by atoms with Gasteiger partial charge in [-0.25, -0.2) is 12.8 Å². The van der Waals surface area contributed by atoms with Crippen LogP contribution >= 0.6 is 0 Å². The van der Waals surface area contributed by atoms with Gasteiger partial charge in [0.2, 0.25) is 10.0 Å². The van der Waals surface area contributed by atoms with Crippen molar-refractivity contribution in [1.82, 2.24) is 4.72 Å². The fourth-order valence-electron chi connectivity index (χ4n) is 1.71. The molecule has 0 bridgehead atoms. The molecule has 0 aliphatic heterocycles. The van der Waals surface area contributed by atoms with Gasteiger partial charge in [-0.15, -0.1) is 0 Å². The lowest BCUT2D eigenvalue weighted by Crippen LogP contribution is -2.47. The number of hydrogen-bond donors (Lipinski definition) is 2. The first-order chi connectivity index (χ1) is 8.98. The van der Waals surface area contributed by atoms with E-state index in [0.29, 0.717) is 6.07 Å². The monoisotopic (exact) mass is 312 g/mol. The van der Waals surface area contributed by atoms with Gasteiger partial charge in [0.25, 0.3) is 0 Å². The molecule has 2 rings (SSSR count). The number of nitrogen functional groups attached to an aromatic ring is 1. The van der Waals surface area contributed by atoms with Gasteiger partial charge in [-0.3, -0.25) is 0 Å². The van der Waals surface area contributed by atoms with E-state index in [0.717, 1.165) is 6.07 Å². The predicted octanol–water partition coefficient (Wildman–Crippen LogP) is 2.09. The maximum atomic E-state index is 13.5. The zero-order valence-corrected chi connectivity index (χ0v) is 11.2. The van der Waals surface area contributed by atoms with Gasteiger partial charge in [0.1, 0.15) is 11.4 Å². The van der Waals surface area contributed by atoms with Crippen LogP contribution in [0.15, 0.2) is 17.0 Å². The first-order valence-corrected chi connectivity index (χ1v) is 7.13. The maximum Gasteiger partial charge on any atom is 0.407 e. The number of benzene rings is 1. The Labute approximate surface area is 113 Å².